The van der Waals surface area contributed by atoms with Gasteiger partial charge in [0, 0.05) is 25.5 Å². The molecule has 7 nitrogen and oxygen atoms in total. The average Bonchev–Trinajstić information content (AvgIpc) is 2.81. The highest BCUT2D eigenvalue weighted by Gasteiger charge is 2.28. The maximum atomic E-state index is 13.0. The van der Waals surface area contributed by atoms with E-state index >= 15 is 0 Å². The van der Waals surface area contributed by atoms with Crippen LogP contribution in [0.5, 0.6) is 11.5 Å². The first-order chi connectivity index (χ1) is 14.7. The minimum atomic E-state index is -0.209. The molecule has 1 saturated heterocycles. The molecule has 1 aliphatic rings. The van der Waals surface area contributed by atoms with Crippen molar-refractivity contribution < 1.29 is 9.53 Å². The van der Waals surface area contributed by atoms with Gasteiger partial charge in [0.2, 0.25) is 5.91 Å². The van der Waals surface area contributed by atoms with Crippen molar-refractivity contribution in [3.8, 4) is 17.6 Å². The number of nitriles is 1. The first-order valence-electron chi connectivity index (χ1n) is 9.82. The molecule has 2 aromatic heterocycles. The molecule has 0 spiro atoms. The van der Waals surface area contributed by atoms with Gasteiger partial charge in [-0.05, 0) is 49.2 Å². The van der Waals surface area contributed by atoms with Gasteiger partial charge in [-0.15, -0.1) is 0 Å². The van der Waals surface area contributed by atoms with Crippen LogP contribution in [0.1, 0.15) is 18.4 Å². The third kappa shape index (κ3) is 4.39. The molecule has 1 aliphatic heterocycles. The van der Waals surface area contributed by atoms with Crippen molar-refractivity contribution >= 4 is 17.4 Å². The molecule has 30 heavy (non-hydrogen) atoms. The number of piperidine rings is 1. The van der Waals surface area contributed by atoms with E-state index in [1.165, 1.54) is 0 Å². The van der Waals surface area contributed by atoms with Crippen molar-refractivity contribution in [3.63, 3.8) is 0 Å². The van der Waals surface area contributed by atoms with E-state index in [9.17, 15) is 10.1 Å². The lowest BCUT2D eigenvalue weighted by molar-refractivity contribution is -0.120. The highest BCUT2D eigenvalue weighted by Crippen LogP contribution is 2.30. The Balaban J connectivity index is 1.47. The number of anilines is 2. The molecule has 7 heteroatoms. The van der Waals surface area contributed by atoms with Crippen LogP contribution in [0.25, 0.3) is 0 Å². The fraction of sp³-hybridized carbons (Fsp3) is 0.217. The summed E-state index contributed by atoms with van der Waals surface area (Å²) < 4.78 is 5.88. The Morgan fingerprint density at radius 1 is 1.17 bits per heavy atom. The minimum absolute atomic E-state index is 0.0728. The van der Waals surface area contributed by atoms with Crippen LogP contribution in [-0.4, -0.2) is 29.0 Å². The number of rotatable bonds is 5. The van der Waals surface area contributed by atoms with Crippen LogP contribution >= 0.6 is 0 Å². The number of nitrogens with zero attached hydrogens (tertiary/aromatic N) is 4. The standard InChI is InChI=1S/C23H21N5O2/c24-14-17-6-3-12-26-22(17)28-13-5-7-18(16-28)23(29)27-20-9-1-2-10-21(20)30-19-8-4-11-25-15-19/h1-4,6,8-12,15,18H,5,7,13,16H2,(H,27,29). The fourth-order valence-corrected chi connectivity index (χ4v) is 3.55. The molecule has 1 unspecified atom stereocenters. The number of carbonyl (C=O) groups excluding carboxylic acids is 1. The second-order valence-corrected chi connectivity index (χ2v) is 7.05. The number of hydrogen-bond acceptors (Lipinski definition) is 6. The Hall–Kier alpha value is -3.92. The third-order valence-electron chi connectivity index (χ3n) is 5.01. The van der Waals surface area contributed by atoms with Crippen molar-refractivity contribution in [2.75, 3.05) is 23.3 Å². The number of carbonyl (C=O) groups is 1. The van der Waals surface area contributed by atoms with E-state index in [0.29, 0.717) is 35.1 Å². The van der Waals surface area contributed by atoms with Gasteiger partial charge in [-0.25, -0.2) is 4.98 Å². The molecule has 1 amide bonds. The minimum Gasteiger partial charge on any atom is -0.454 e. The maximum absolute atomic E-state index is 13.0. The highest BCUT2D eigenvalue weighted by molar-refractivity contribution is 5.94. The van der Waals surface area contributed by atoms with Gasteiger partial charge in [-0.2, -0.15) is 5.26 Å². The lowest BCUT2D eigenvalue weighted by Gasteiger charge is -2.33. The van der Waals surface area contributed by atoms with Crippen LogP contribution in [0.2, 0.25) is 0 Å². The summed E-state index contributed by atoms with van der Waals surface area (Å²) >= 11 is 0. The molecule has 0 radical (unpaired) electrons. The Morgan fingerprint density at radius 3 is 2.87 bits per heavy atom. The number of para-hydroxylation sites is 2. The third-order valence-corrected chi connectivity index (χ3v) is 5.01. The summed E-state index contributed by atoms with van der Waals surface area (Å²) in [6.07, 6.45) is 6.61. The van der Waals surface area contributed by atoms with E-state index < -0.39 is 0 Å². The molecule has 4 rings (SSSR count). The number of amides is 1. The average molecular weight is 399 g/mol. The molecule has 0 saturated carbocycles. The molecular formula is C23H21N5O2. The van der Waals surface area contributed by atoms with E-state index in [4.69, 9.17) is 4.74 Å². The summed E-state index contributed by atoms with van der Waals surface area (Å²) in [4.78, 5) is 23.4. The molecule has 1 atom stereocenters. The lowest BCUT2D eigenvalue weighted by atomic mass is 9.96. The molecule has 0 aliphatic carbocycles. The summed E-state index contributed by atoms with van der Waals surface area (Å²) in [6, 6.07) is 16.6. The normalized spacial score (nSPS) is 15.8. The van der Waals surface area contributed by atoms with Crippen LogP contribution in [-0.2, 0) is 4.79 Å². The van der Waals surface area contributed by atoms with Gasteiger partial charge in [0.1, 0.15) is 17.6 Å². The van der Waals surface area contributed by atoms with Crippen molar-refractivity contribution in [3.05, 3.63) is 72.7 Å². The summed E-state index contributed by atoms with van der Waals surface area (Å²) in [5.74, 6) is 1.51. The van der Waals surface area contributed by atoms with Crippen LogP contribution in [0.4, 0.5) is 11.5 Å². The number of nitrogens with one attached hydrogen (secondary N) is 1. The quantitative estimate of drug-likeness (QED) is 0.697. The van der Waals surface area contributed by atoms with Gasteiger partial charge in [0.05, 0.1) is 23.4 Å². The van der Waals surface area contributed by atoms with Gasteiger partial charge in [0.15, 0.2) is 5.75 Å². The van der Waals surface area contributed by atoms with Crippen molar-refractivity contribution in [1.29, 1.82) is 5.26 Å². The maximum Gasteiger partial charge on any atom is 0.229 e. The Labute approximate surface area is 175 Å². The second kappa shape index (κ2) is 9.05. The molecule has 0 bridgehead atoms. The fourth-order valence-electron chi connectivity index (χ4n) is 3.55. The van der Waals surface area contributed by atoms with Crippen LogP contribution in [0, 0.1) is 17.2 Å². The molecular weight excluding hydrogens is 378 g/mol. The Morgan fingerprint density at radius 2 is 2.03 bits per heavy atom. The van der Waals surface area contributed by atoms with Crippen molar-refractivity contribution in [1.82, 2.24) is 9.97 Å². The predicted octanol–water partition coefficient (Wildman–Crippen LogP) is 4.00. The van der Waals surface area contributed by atoms with Crippen LogP contribution < -0.4 is 15.0 Å². The van der Waals surface area contributed by atoms with Crippen LogP contribution in [0.3, 0.4) is 0 Å². The summed E-state index contributed by atoms with van der Waals surface area (Å²) in [7, 11) is 0. The van der Waals surface area contributed by atoms with Crippen LogP contribution in [0.15, 0.2) is 67.1 Å². The highest BCUT2D eigenvalue weighted by atomic mass is 16.5. The van der Waals surface area contributed by atoms with E-state index in [2.05, 4.69) is 21.4 Å². The topological polar surface area (TPSA) is 91.1 Å². The summed E-state index contributed by atoms with van der Waals surface area (Å²) in [6.45, 7) is 1.29. The van der Waals surface area contributed by atoms with E-state index in [1.54, 1.807) is 36.8 Å². The summed E-state index contributed by atoms with van der Waals surface area (Å²) in [5, 5.41) is 12.4. The smallest absolute Gasteiger partial charge is 0.229 e. The first kappa shape index (κ1) is 19.4. The molecule has 3 aromatic rings. The lowest BCUT2D eigenvalue weighted by Crippen LogP contribution is -2.41. The zero-order valence-electron chi connectivity index (χ0n) is 16.4. The molecule has 3 heterocycles. The predicted molar refractivity (Wildman–Crippen MR) is 113 cm³/mol. The van der Waals surface area contributed by atoms with E-state index in [0.717, 1.165) is 19.4 Å². The van der Waals surface area contributed by atoms with Gasteiger partial charge < -0.3 is 15.0 Å². The number of hydrogen-bond donors (Lipinski definition) is 1. The molecule has 1 fully saturated rings. The monoisotopic (exact) mass is 399 g/mol. The number of aromatic nitrogens is 2. The second-order valence-electron chi connectivity index (χ2n) is 7.05. The van der Waals surface area contributed by atoms with Crippen molar-refractivity contribution in [2.24, 2.45) is 5.92 Å². The van der Waals surface area contributed by atoms with Gasteiger partial charge in [-0.1, -0.05) is 12.1 Å². The van der Waals surface area contributed by atoms with Gasteiger partial charge in [-0.3, -0.25) is 9.78 Å². The van der Waals surface area contributed by atoms with E-state index in [1.807, 2.05) is 35.2 Å². The molecule has 1 aromatic carbocycles. The SMILES string of the molecule is N#Cc1cccnc1N1CCCC(C(=O)Nc2ccccc2Oc2cccnc2)C1. The number of benzene rings is 1. The largest absolute Gasteiger partial charge is 0.454 e. The van der Waals surface area contributed by atoms with E-state index in [-0.39, 0.29) is 11.8 Å². The number of pyridine rings is 2. The van der Waals surface area contributed by atoms with Crippen molar-refractivity contribution in [2.45, 2.75) is 12.8 Å². The summed E-state index contributed by atoms with van der Waals surface area (Å²) in [5.41, 5.74) is 1.13. The van der Waals surface area contributed by atoms with Gasteiger partial charge >= 0.3 is 0 Å². The Kier molecular flexibility index (Phi) is 5.85. The van der Waals surface area contributed by atoms with Gasteiger partial charge in [0.25, 0.3) is 0 Å². The zero-order chi connectivity index (χ0) is 20.8. The Bertz CT molecular complexity index is 1060. The molecule has 150 valence electrons. The number of ether oxygens (including phenoxy) is 1. The first-order valence-corrected chi connectivity index (χ1v) is 9.82. The zero-order valence-corrected chi connectivity index (χ0v) is 16.4. The molecule has 1 N–H and O–H groups in total.